The van der Waals surface area contributed by atoms with Crippen molar-refractivity contribution in [2.45, 2.75) is 117 Å². The second-order valence-corrected chi connectivity index (χ2v) is 13.2. The van der Waals surface area contributed by atoms with Gasteiger partial charge >= 0.3 is 5.97 Å². The number of unbranched alkanes of at least 4 members (excludes halogenated alkanes) is 10. The third kappa shape index (κ3) is 6.68. The number of allylic oxidation sites excluding steroid dienone is 1. The number of carbonyl (C=O) groups excluding carboxylic acids is 1. The van der Waals surface area contributed by atoms with Crippen molar-refractivity contribution in [1.29, 1.82) is 0 Å². The van der Waals surface area contributed by atoms with Gasteiger partial charge in [0.25, 0.3) is 0 Å². The number of esters is 1. The fourth-order valence-electron chi connectivity index (χ4n) is 7.53. The van der Waals surface area contributed by atoms with E-state index in [0.29, 0.717) is 5.56 Å². The molecule has 1 aliphatic heterocycles. The fraction of sp³-hybridized carbons (Fsp3) is 0.452. The van der Waals surface area contributed by atoms with Gasteiger partial charge in [0.2, 0.25) is 0 Å². The third-order valence-corrected chi connectivity index (χ3v) is 9.86. The molecule has 1 aliphatic rings. The Labute approximate surface area is 277 Å². The van der Waals surface area contributed by atoms with E-state index in [1.54, 1.807) is 0 Å². The van der Waals surface area contributed by atoms with E-state index in [0.717, 1.165) is 65.1 Å². The van der Waals surface area contributed by atoms with Crippen molar-refractivity contribution in [3.63, 3.8) is 0 Å². The molecule has 0 saturated heterocycles. The van der Waals surface area contributed by atoms with E-state index in [1.165, 1.54) is 69.7 Å². The number of aromatic nitrogens is 1. The van der Waals surface area contributed by atoms with Gasteiger partial charge in [-0.15, -0.1) is 0 Å². The molecule has 0 N–H and O–H groups in total. The highest BCUT2D eigenvalue weighted by atomic mass is 16.6. The van der Waals surface area contributed by atoms with Gasteiger partial charge in [-0.2, -0.15) is 0 Å². The molecule has 2 heterocycles. The highest BCUT2D eigenvalue weighted by molar-refractivity contribution is 5.99. The van der Waals surface area contributed by atoms with Crippen molar-refractivity contribution in [3.05, 3.63) is 113 Å². The van der Waals surface area contributed by atoms with E-state index in [2.05, 4.69) is 98.3 Å². The molecule has 0 radical (unpaired) electrons. The first-order valence-corrected chi connectivity index (χ1v) is 17.9. The van der Waals surface area contributed by atoms with Crippen molar-refractivity contribution in [2.75, 3.05) is 11.4 Å². The molecular weight excluding hydrogens is 564 g/mol. The van der Waals surface area contributed by atoms with Crippen LogP contribution in [0.25, 0.3) is 10.9 Å². The number of cyclic esters (lactones) is 1. The largest absolute Gasteiger partial charge is 0.440 e. The van der Waals surface area contributed by atoms with E-state index in [-0.39, 0.29) is 5.97 Å². The lowest BCUT2D eigenvalue weighted by Crippen LogP contribution is -2.34. The standard InChI is InChI=1S/C42H54N2O2/c1-6-8-10-12-14-22-30-43(32(3)4)39-29-21-19-27-37(39)42(36-26-18-16-24-34(36)41(45)46-42)40-33(5)44(31-23-15-13-11-9-7-2)38-28-20-17-25-35(38)40/h16-21,24-29H,3,6-15,22-23,30-31H2,1-2,4-5H3. The number of anilines is 1. The van der Waals surface area contributed by atoms with Crippen molar-refractivity contribution >= 4 is 22.6 Å². The van der Waals surface area contributed by atoms with Gasteiger partial charge in [0.05, 0.1) is 5.56 Å². The number of aryl methyl sites for hydroxylation is 1. The van der Waals surface area contributed by atoms with Gasteiger partial charge in [-0.05, 0) is 44.9 Å². The molecule has 4 heteroatoms. The maximum atomic E-state index is 13.8. The monoisotopic (exact) mass is 618 g/mol. The number of carbonyl (C=O) groups is 1. The zero-order valence-electron chi connectivity index (χ0n) is 28.7. The van der Waals surface area contributed by atoms with Gasteiger partial charge in [0.1, 0.15) is 0 Å². The van der Waals surface area contributed by atoms with Gasteiger partial charge in [-0.1, -0.05) is 139 Å². The van der Waals surface area contributed by atoms with Crippen LogP contribution in [0.1, 0.15) is 131 Å². The quantitative estimate of drug-likeness (QED) is 0.0822. The number of hydrogen-bond acceptors (Lipinski definition) is 3. The number of para-hydroxylation sites is 2. The fourth-order valence-corrected chi connectivity index (χ4v) is 7.53. The summed E-state index contributed by atoms with van der Waals surface area (Å²) in [7, 11) is 0. The maximum absolute atomic E-state index is 13.8. The Balaban J connectivity index is 1.64. The maximum Gasteiger partial charge on any atom is 0.340 e. The molecular formula is C42H54N2O2. The average molecular weight is 619 g/mol. The number of benzene rings is 3. The first-order valence-electron chi connectivity index (χ1n) is 17.9. The SMILES string of the molecule is C=C(C)N(CCCCCCCC)c1ccccc1C1(c2c(C)n(CCCCCCCC)c3ccccc23)OC(=O)c2ccccc21. The summed E-state index contributed by atoms with van der Waals surface area (Å²) in [6.07, 6.45) is 14.9. The molecule has 1 aromatic heterocycles. The smallest absolute Gasteiger partial charge is 0.340 e. The molecule has 0 amide bonds. The molecule has 0 fully saturated rings. The molecule has 4 aromatic rings. The Hall–Kier alpha value is -3.79. The van der Waals surface area contributed by atoms with Crippen LogP contribution in [0.2, 0.25) is 0 Å². The molecule has 4 nitrogen and oxygen atoms in total. The van der Waals surface area contributed by atoms with Crippen LogP contribution in [0, 0.1) is 6.92 Å². The van der Waals surface area contributed by atoms with E-state index >= 15 is 0 Å². The third-order valence-electron chi connectivity index (χ3n) is 9.86. The van der Waals surface area contributed by atoms with E-state index < -0.39 is 5.60 Å². The Kier molecular flexibility index (Phi) is 11.4. The van der Waals surface area contributed by atoms with Crippen LogP contribution < -0.4 is 4.90 Å². The lowest BCUT2D eigenvalue weighted by Gasteiger charge is -2.36. The summed E-state index contributed by atoms with van der Waals surface area (Å²) in [5.41, 5.74) is 6.94. The predicted molar refractivity (Wildman–Crippen MR) is 194 cm³/mol. The number of nitrogens with zero attached hydrogens (tertiary/aromatic N) is 2. The van der Waals surface area contributed by atoms with Crippen LogP contribution in [0.15, 0.2) is 85.1 Å². The summed E-state index contributed by atoms with van der Waals surface area (Å²) in [6, 6.07) is 25.2. The van der Waals surface area contributed by atoms with Crippen LogP contribution in [0.3, 0.4) is 0 Å². The van der Waals surface area contributed by atoms with Crippen LogP contribution in [0.5, 0.6) is 0 Å². The molecule has 1 unspecified atom stereocenters. The van der Waals surface area contributed by atoms with Crippen LogP contribution in [-0.2, 0) is 16.9 Å². The Morgan fingerprint density at radius 2 is 1.35 bits per heavy atom. The normalized spacial score (nSPS) is 15.7. The lowest BCUT2D eigenvalue weighted by atomic mass is 9.77. The summed E-state index contributed by atoms with van der Waals surface area (Å²) in [5.74, 6) is -0.268. The Morgan fingerprint density at radius 1 is 0.761 bits per heavy atom. The Bertz CT molecular complexity index is 1630. The second-order valence-electron chi connectivity index (χ2n) is 13.2. The average Bonchev–Trinajstić information content (AvgIpc) is 3.52. The molecule has 3 aromatic carbocycles. The topological polar surface area (TPSA) is 34.5 Å². The van der Waals surface area contributed by atoms with Gasteiger partial charge < -0.3 is 14.2 Å². The lowest BCUT2D eigenvalue weighted by molar-refractivity contribution is 0.0255. The summed E-state index contributed by atoms with van der Waals surface area (Å²) in [4.78, 5) is 16.2. The molecule has 0 aliphatic carbocycles. The predicted octanol–water partition coefficient (Wildman–Crippen LogP) is 11.5. The zero-order valence-corrected chi connectivity index (χ0v) is 28.7. The minimum Gasteiger partial charge on any atom is -0.440 e. The van der Waals surface area contributed by atoms with Crippen molar-refractivity contribution in [1.82, 2.24) is 4.57 Å². The van der Waals surface area contributed by atoms with Crippen molar-refractivity contribution < 1.29 is 9.53 Å². The number of hydrogen-bond donors (Lipinski definition) is 0. The van der Waals surface area contributed by atoms with Crippen LogP contribution in [-0.4, -0.2) is 17.1 Å². The number of ether oxygens (including phenoxy) is 1. The summed E-state index contributed by atoms with van der Waals surface area (Å²) >= 11 is 0. The molecule has 5 rings (SSSR count). The van der Waals surface area contributed by atoms with E-state index in [4.69, 9.17) is 4.74 Å². The molecule has 46 heavy (non-hydrogen) atoms. The minimum absolute atomic E-state index is 0.268. The van der Waals surface area contributed by atoms with Gasteiger partial charge in [0, 0.05) is 57.8 Å². The van der Waals surface area contributed by atoms with E-state index in [9.17, 15) is 4.79 Å². The van der Waals surface area contributed by atoms with Gasteiger partial charge in [0.15, 0.2) is 5.60 Å². The number of fused-ring (bicyclic) bond motifs is 2. The molecule has 1 atom stereocenters. The van der Waals surface area contributed by atoms with Crippen LogP contribution in [0.4, 0.5) is 5.69 Å². The summed E-state index contributed by atoms with van der Waals surface area (Å²) in [5, 5.41) is 1.14. The van der Waals surface area contributed by atoms with Crippen molar-refractivity contribution in [3.8, 4) is 0 Å². The molecule has 0 saturated carbocycles. The second kappa shape index (κ2) is 15.7. The number of rotatable bonds is 18. The minimum atomic E-state index is -1.09. The summed E-state index contributed by atoms with van der Waals surface area (Å²) < 4.78 is 9.26. The van der Waals surface area contributed by atoms with Crippen LogP contribution >= 0.6 is 0 Å². The molecule has 0 spiro atoms. The first-order chi connectivity index (χ1) is 22.5. The summed E-state index contributed by atoms with van der Waals surface area (Å²) in [6.45, 7) is 15.1. The van der Waals surface area contributed by atoms with E-state index in [1.807, 2.05) is 18.2 Å². The zero-order chi connectivity index (χ0) is 32.5. The molecule has 244 valence electrons. The van der Waals surface area contributed by atoms with Gasteiger partial charge in [-0.25, -0.2) is 4.79 Å². The first kappa shape index (κ1) is 33.6. The van der Waals surface area contributed by atoms with Crippen molar-refractivity contribution in [2.24, 2.45) is 0 Å². The Morgan fingerprint density at radius 3 is 2.07 bits per heavy atom. The van der Waals surface area contributed by atoms with Gasteiger partial charge in [-0.3, -0.25) is 0 Å². The highest BCUT2D eigenvalue weighted by Gasteiger charge is 2.52. The molecule has 0 bridgehead atoms. The highest BCUT2D eigenvalue weighted by Crippen LogP contribution is 2.53.